The van der Waals surface area contributed by atoms with Crippen LogP contribution in [0.3, 0.4) is 0 Å². The quantitative estimate of drug-likeness (QED) is 0.743. The van der Waals surface area contributed by atoms with Crippen molar-refractivity contribution < 1.29 is 18.0 Å². The largest absolute Gasteiger partial charge is 0.344 e. The third kappa shape index (κ3) is 5.06. The summed E-state index contributed by atoms with van der Waals surface area (Å²) in [6, 6.07) is 9.27. The van der Waals surface area contributed by atoms with Crippen molar-refractivity contribution in [1.29, 1.82) is 0 Å². The molecular formula is C18H26N4O4S. The summed E-state index contributed by atoms with van der Waals surface area (Å²) in [5.74, 6) is -0.523. The van der Waals surface area contributed by atoms with Crippen LogP contribution in [-0.2, 0) is 26.3 Å². The van der Waals surface area contributed by atoms with Gasteiger partial charge in [0.05, 0.1) is 0 Å². The zero-order valence-electron chi connectivity index (χ0n) is 15.2. The van der Waals surface area contributed by atoms with Crippen molar-refractivity contribution in [3.8, 4) is 0 Å². The van der Waals surface area contributed by atoms with Gasteiger partial charge < -0.3 is 10.2 Å². The minimum Gasteiger partial charge on any atom is -0.344 e. The van der Waals surface area contributed by atoms with Crippen LogP contribution in [0, 0.1) is 5.92 Å². The maximum absolute atomic E-state index is 12.7. The number of nitrogens with two attached hydrogens (primary N) is 1. The number of nitrogens with zero attached hydrogens (tertiary/aromatic N) is 2. The highest BCUT2D eigenvalue weighted by molar-refractivity contribution is 7.86. The van der Waals surface area contributed by atoms with E-state index in [0.29, 0.717) is 32.4 Å². The molecule has 1 unspecified atom stereocenters. The minimum absolute atomic E-state index is 0.0552. The standard InChI is InChI=1S/C18H26N4O4S/c19-27(25,26)22-11-8-15(9-12-22)17(23)20-16-7-4-10-21(18(16)24)13-14-5-2-1-3-6-14/h1-3,5-6,15-16H,4,7-13H2,(H,20,23)(H2,19,25,26). The summed E-state index contributed by atoms with van der Waals surface area (Å²) in [6.45, 7) is 1.69. The molecule has 8 nitrogen and oxygen atoms in total. The maximum Gasteiger partial charge on any atom is 0.276 e. The van der Waals surface area contributed by atoms with Gasteiger partial charge in [0.15, 0.2) is 0 Å². The number of likely N-dealkylation sites (tertiary alicyclic amines) is 1. The molecule has 9 heteroatoms. The molecule has 1 aromatic carbocycles. The van der Waals surface area contributed by atoms with Crippen LogP contribution < -0.4 is 10.5 Å². The highest BCUT2D eigenvalue weighted by atomic mass is 32.2. The SMILES string of the molecule is NS(=O)(=O)N1CCC(C(=O)NC2CCCN(Cc3ccccc3)C2=O)CC1. The van der Waals surface area contributed by atoms with Crippen LogP contribution in [0.2, 0.25) is 0 Å². The molecule has 2 amide bonds. The summed E-state index contributed by atoms with van der Waals surface area (Å²) in [7, 11) is -3.71. The molecule has 0 spiro atoms. The summed E-state index contributed by atoms with van der Waals surface area (Å²) in [4.78, 5) is 27.1. The average Bonchev–Trinajstić information content (AvgIpc) is 2.65. The lowest BCUT2D eigenvalue weighted by molar-refractivity contribution is -0.140. The van der Waals surface area contributed by atoms with Crippen LogP contribution in [0.5, 0.6) is 0 Å². The predicted octanol–water partition coefficient (Wildman–Crippen LogP) is 0.209. The smallest absolute Gasteiger partial charge is 0.276 e. The monoisotopic (exact) mass is 394 g/mol. The molecule has 0 bridgehead atoms. The van der Waals surface area contributed by atoms with Gasteiger partial charge in [-0.3, -0.25) is 9.59 Å². The number of carbonyl (C=O) groups excluding carboxylic acids is 2. The Morgan fingerprint density at radius 3 is 2.41 bits per heavy atom. The molecule has 2 fully saturated rings. The van der Waals surface area contributed by atoms with E-state index in [0.717, 1.165) is 12.0 Å². The topological polar surface area (TPSA) is 113 Å². The first-order valence-corrected chi connectivity index (χ1v) is 10.8. The fourth-order valence-corrected chi connectivity index (χ4v) is 4.42. The van der Waals surface area contributed by atoms with Crippen molar-refractivity contribution in [2.24, 2.45) is 11.1 Å². The van der Waals surface area contributed by atoms with Gasteiger partial charge in [0.25, 0.3) is 10.2 Å². The Hall–Kier alpha value is -1.97. The van der Waals surface area contributed by atoms with E-state index in [1.165, 1.54) is 4.31 Å². The first-order chi connectivity index (χ1) is 12.8. The van der Waals surface area contributed by atoms with Gasteiger partial charge >= 0.3 is 0 Å². The molecule has 148 valence electrons. The number of piperidine rings is 2. The van der Waals surface area contributed by atoms with Gasteiger partial charge in [-0.25, -0.2) is 5.14 Å². The van der Waals surface area contributed by atoms with E-state index in [9.17, 15) is 18.0 Å². The Bertz CT molecular complexity index is 776. The molecule has 0 aliphatic carbocycles. The van der Waals surface area contributed by atoms with Gasteiger partial charge in [-0.2, -0.15) is 12.7 Å². The molecule has 27 heavy (non-hydrogen) atoms. The van der Waals surface area contributed by atoms with Crippen molar-refractivity contribution in [1.82, 2.24) is 14.5 Å². The average molecular weight is 394 g/mol. The fourth-order valence-electron chi connectivity index (χ4n) is 3.70. The maximum atomic E-state index is 12.7. The molecule has 3 N–H and O–H groups in total. The van der Waals surface area contributed by atoms with Gasteiger partial charge in [-0.05, 0) is 31.2 Å². The summed E-state index contributed by atoms with van der Waals surface area (Å²) in [5.41, 5.74) is 1.06. The lowest BCUT2D eigenvalue weighted by Gasteiger charge is -2.34. The van der Waals surface area contributed by atoms with Crippen LogP contribution >= 0.6 is 0 Å². The Balaban J connectivity index is 1.54. The van der Waals surface area contributed by atoms with E-state index in [4.69, 9.17) is 5.14 Å². The third-order valence-corrected chi connectivity index (χ3v) is 6.33. The van der Waals surface area contributed by atoms with Crippen molar-refractivity contribution in [3.05, 3.63) is 35.9 Å². The van der Waals surface area contributed by atoms with E-state index in [1.54, 1.807) is 4.90 Å². The van der Waals surface area contributed by atoms with Gasteiger partial charge in [0.2, 0.25) is 11.8 Å². The summed E-state index contributed by atoms with van der Waals surface area (Å²) >= 11 is 0. The minimum atomic E-state index is -3.71. The highest BCUT2D eigenvalue weighted by Crippen LogP contribution is 2.20. The van der Waals surface area contributed by atoms with E-state index in [-0.39, 0.29) is 30.8 Å². The molecule has 3 rings (SSSR count). The van der Waals surface area contributed by atoms with Gasteiger partial charge in [0.1, 0.15) is 6.04 Å². The molecule has 1 atom stereocenters. The fraction of sp³-hybridized carbons (Fsp3) is 0.556. The van der Waals surface area contributed by atoms with Gasteiger partial charge in [-0.1, -0.05) is 30.3 Å². The first-order valence-electron chi connectivity index (χ1n) is 9.25. The number of benzene rings is 1. The number of carbonyl (C=O) groups is 2. The van der Waals surface area contributed by atoms with Crippen molar-refractivity contribution in [3.63, 3.8) is 0 Å². The van der Waals surface area contributed by atoms with E-state index in [1.807, 2.05) is 30.3 Å². The van der Waals surface area contributed by atoms with Crippen LogP contribution in [0.1, 0.15) is 31.2 Å². The lowest BCUT2D eigenvalue weighted by Crippen LogP contribution is -2.54. The highest BCUT2D eigenvalue weighted by Gasteiger charge is 2.34. The molecule has 0 saturated carbocycles. The van der Waals surface area contributed by atoms with E-state index >= 15 is 0 Å². The number of nitrogens with one attached hydrogen (secondary N) is 1. The molecule has 0 aromatic heterocycles. The second-order valence-electron chi connectivity index (χ2n) is 7.17. The van der Waals surface area contributed by atoms with E-state index in [2.05, 4.69) is 5.32 Å². The second-order valence-corrected chi connectivity index (χ2v) is 8.71. The Morgan fingerprint density at radius 2 is 1.78 bits per heavy atom. The van der Waals surface area contributed by atoms with Gasteiger partial charge in [-0.15, -0.1) is 0 Å². The molecule has 2 aliphatic rings. The third-order valence-electron chi connectivity index (χ3n) is 5.25. The number of amides is 2. The number of hydrogen-bond donors (Lipinski definition) is 2. The van der Waals surface area contributed by atoms with Crippen LogP contribution in [-0.4, -0.2) is 55.1 Å². The van der Waals surface area contributed by atoms with Crippen molar-refractivity contribution in [2.45, 2.75) is 38.3 Å². The molecule has 2 aliphatic heterocycles. The Labute approximate surface area is 159 Å². The molecule has 2 heterocycles. The lowest BCUT2D eigenvalue weighted by atomic mass is 9.95. The van der Waals surface area contributed by atoms with Crippen LogP contribution in [0.4, 0.5) is 0 Å². The van der Waals surface area contributed by atoms with Crippen molar-refractivity contribution >= 4 is 22.0 Å². The molecule has 2 saturated heterocycles. The predicted molar refractivity (Wildman–Crippen MR) is 100 cm³/mol. The Morgan fingerprint density at radius 1 is 1.11 bits per heavy atom. The second kappa shape index (κ2) is 8.37. The first kappa shape index (κ1) is 19.8. The zero-order valence-corrected chi connectivity index (χ0v) is 16.0. The summed E-state index contributed by atoms with van der Waals surface area (Å²) < 4.78 is 23.9. The summed E-state index contributed by atoms with van der Waals surface area (Å²) in [5, 5.41) is 8.00. The Kier molecular flexibility index (Phi) is 6.13. The zero-order chi connectivity index (χ0) is 19.4. The number of hydrogen-bond acceptors (Lipinski definition) is 4. The van der Waals surface area contributed by atoms with Crippen LogP contribution in [0.25, 0.3) is 0 Å². The summed E-state index contributed by atoms with van der Waals surface area (Å²) in [6.07, 6.45) is 2.30. The normalized spacial score (nSPS) is 22.6. The molecule has 0 radical (unpaired) electrons. The van der Waals surface area contributed by atoms with Crippen molar-refractivity contribution in [2.75, 3.05) is 19.6 Å². The molecular weight excluding hydrogens is 368 g/mol. The van der Waals surface area contributed by atoms with Crippen LogP contribution in [0.15, 0.2) is 30.3 Å². The van der Waals surface area contributed by atoms with Gasteiger partial charge in [0, 0.05) is 32.1 Å². The number of rotatable bonds is 5. The van der Waals surface area contributed by atoms with E-state index < -0.39 is 16.3 Å². The molecule has 1 aromatic rings.